The molecule has 0 fully saturated rings. The van der Waals surface area contributed by atoms with Gasteiger partial charge in [0, 0.05) is 10.6 Å². The monoisotopic (exact) mass is 553 g/mol. The van der Waals surface area contributed by atoms with Gasteiger partial charge >= 0.3 is 11.9 Å². The predicted octanol–water partition coefficient (Wildman–Crippen LogP) is 5.71. The fourth-order valence-corrected chi connectivity index (χ4v) is 4.26. The van der Waals surface area contributed by atoms with Crippen LogP contribution < -0.4 is 9.64 Å². The van der Waals surface area contributed by atoms with Crippen molar-refractivity contribution in [3.05, 3.63) is 129 Å². The Morgan fingerprint density at radius 2 is 1.38 bits per heavy atom. The van der Waals surface area contributed by atoms with Gasteiger partial charge in [-0.25, -0.2) is 14.5 Å². The van der Waals surface area contributed by atoms with Crippen LogP contribution in [0.15, 0.2) is 91.0 Å². The van der Waals surface area contributed by atoms with E-state index < -0.39 is 36.1 Å². The number of rotatable bonds is 7. The Bertz CT molecular complexity index is 1680. The molecular weight excluding hydrogens is 534 g/mol. The van der Waals surface area contributed by atoms with Crippen LogP contribution in [0.4, 0.5) is 5.69 Å². The van der Waals surface area contributed by atoms with Gasteiger partial charge in [0.1, 0.15) is 5.75 Å². The van der Waals surface area contributed by atoms with Crippen molar-refractivity contribution in [1.82, 2.24) is 0 Å². The summed E-state index contributed by atoms with van der Waals surface area (Å²) in [7, 11) is 0. The molecule has 198 valence electrons. The zero-order valence-corrected chi connectivity index (χ0v) is 21.8. The molecule has 0 aliphatic carbocycles. The molecule has 0 saturated heterocycles. The van der Waals surface area contributed by atoms with E-state index in [0.29, 0.717) is 16.3 Å². The first kappa shape index (κ1) is 26.5. The van der Waals surface area contributed by atoms with Crippen molar-refractivity contribution in [3.8, 4) is 5.75 Å². The summed E-state index contributed by atoms with van der Waals surface area (Å²) in [4.78, 5) is 64.2. The molecule has 9 heteroatoms. The molecule has 1 aliphatic heterocycles. The van der Waals surface area contributed by atoms with Crippen molar-refractivity contribution in [2.75, 3.05) is 11.5 Å². The van der Waals surface area contributed by atoms with E-state index >= 15 is 0 Å². The number of aryl methyl sites for hydroxylation is 1. The zero-order chi connectivity index (χ0) is 28.4. The van der Waals surface area contributed by atoms with Crippen molar-refractivity contribution < 1.29 is 33.4 Å². The molecule has 0 aromatic heterocycles. The van der Waals surface area contributed by atoms with Gasteiger partial charge in [-0.3, -0.25) is 14.4 Å². The van der Waals surface area contributed by atoms with Crippen LogP contribution in [0, 0.1) is 6.92 Å². The van der Waals surface area contributed by atoms with E-state index in [4.69, 9.17) is 21.1 Å². The number of imide groups is 1. The summed E-state index contributed by atoms with van der Waals surface area (Å²) in [6.07, 6.45) is 0. The number of benzene rings is 4. The molecule has 0 spiro atoms. The van der Waals surface area contributed by atoms with Gasteiger partial charge < -0.3 is 9.47 Å². The number of hydrogen-bond acceptors (Lipinski definition) is 7. The number of halogens is 1. The number of carbonyl (C=O) groups excluding carboxylic acids is 5. The lowest BCUT2D eigenvalue weighted by molar-refractivity contribution is 0.0474. The number of anilines is 1. The fraction of sp³-hybridized carbons (Fsp3) is 0.0645. The van der Waals surface area contributed by atoms with Crippen LogP contribution in [-0.4, -0.2) is 36.1 Å². The number of esters is 2. The molecular formula is C31H20ClNO7. The quantitative estimate of drug-likeness (QED) is 0.125. The number of ether oxygens (including phenoxy) is 2. The SMILES string of the molecule is Cc1ccc(C(=O)Oc2ccc(C(=O)COC(=O)c3ccc4c(c3)C(=O)N(c3cccc(Cl)c3)C4=O)cc2)cc1. The third-order valence-corrected chi connectivity index (χ3v) is 6.43. The summed E-state index contributed by atoms with van der Waals surface area (Å²) >= 11 is 6.00. The van der Waals surface area contributed by atoms with Crippen LogP contribution in [-0.2, 0) is 4.74 Å². The van der Waals surface area contributed by atoms with E-state index in [2.05, 4.69) is 0 Å². The lowest BCUT2D eigenvalue weighted by atomic mass is 10.1. The van der Waals surface area contributed by atoms with Gasteiger partial charge in [0.25, 0.3) is 11.8 Å². The Morgan fingerprint density at radius 3 is 2.08 bits per heavy atom. The standard InChI is InChI=1S/C31H20ClNO7/c1-18-5-7-20(8-6-18)31(38)40-24-12-9-19(10-13-24)27(34)17-39-30(37)21-11-14-25-26(15-21)29(36)33(28(25)35)23-4-2-3-22(32)16-23/h2-16H,17H2,1H3. The maximum atomic E-state index is 13.0. The Balaban J connectivity index is 1.20. The third-order valence-electron chi connectivity index (χ3n) is 6.20. The summed E-state index contributed by atoms with van der Waals surface area (Å²) in [5, 5.41) is 0.362. The number of hydrogen-bond donors (Lipinski definition) is 0. The summed E-state index contributed by atoms with van der Waals surface area (Å²) in [6.45, 7) is 1.35. The summed E-state index contributed by atoms with van der Waals surface area (Å²) in [5.41, 5.74) is 2.16. The van der Waals surface area contributed by atoms with Crippen molar-refractivity contribution in [3.63, 3.8) is 0 Å². The Labute approximate surface area is 233 Å². The van der Waals surface area contributed by atoms with Crippen molar-refractivity contribution in [1.29, 1.82) is 0 Å². The smallest absolute Gasteiger partial charge is 0.343 e. The van der Waals surface area contributed by atoms with E-state index in [1.54, 1.807) is 42.5 Å². The summed E-state index contributed by atoms with van der Waals surface area (Å²) in [5.74, 6) is -2.73. The molecule has 1 heterocycles. The van der Waals surface area contributed by atoms with Crippen LogP contribution in [0.5, 0.6) is 5.75 Å². The van der Waals surface area contributed by atoms with E-state index in [0.717, 1.165) is 10.5 Å². The maximum Gasteiger partial charge on any atom is 0.343 e. The van der Waals surface area contributed by atoms with Crippen LogP contribution in [0.25, 0.3) is 0 Å². The minimum Gasteiger partial charge on any atom is -0.454 e. The number of carbonyl (C=O) groups is 5. The molecule has 0 N–H and O–H groups in total. The highest BCUT2D eigenvalue weighted by atomic mass is 35.5. The first-order chi connectivity index (χ1) is 19.2. The Hall–Kier alpha value is -5.08. The fourth-order valence-electron chi connectivity index (χ4n) is 4.08. The highest BCUT2D eigenvalue weighted by molar-refractivity contribution is 6.35. The molecule has 4 aromatic rings. The van der Waals surface area contributed by atoms with E-state index in [1.807, 2.05) is 6.92 Å². The Kier molecular flexibility index (Phi) is 7.27. The van der Waals surface area contributed by atoms with Crippen molar-refractivity contribution in [2.24, 2.45) is 0 Å². The molecule has 4 aromatic carbocycles. The Morgan fingerprint density at radius 1 is 0.725 bits per heavy atom. The van der Waals surface area contributed by atoms with Gasteiger partial charge in [0.15, 0.2) is 12.4 Å². The van der Waals surface area contributed by atoms with E-state index in [9.17, 15) is 24.0 Å². The predicted molar refractivity (Wildman–Crippen MR) is 146 cm³/mol. The molecule has 1 aliphatic rings. The van der Waals surface area contributed by atoms with Gasteiger partial charge in [-0.15, -0.1) is 0 Å². The van der Waals surface area contributed by atoms with Crippen LogP contribution in [0.1, 0.15) is 57.4 Å². The molecule has 5 rings (SSSR count). The first-order valence-electron chi connectivity index (χ1n) is 12.1. The average molecular weight is 554 g/mol. The number of Topliss-reactive ketones (excluding diaryl/α,β-unsaturated/α-hetero) is 1. The minimum absolute atomic E-state index is 0.0130. The third kappa shape index (κ3) is 5.39. The molecule has 2 amide bonds. The van der Waals surface area contributed by atoms with Gasteiger partial charge in [0.2, 0.25) is 0 Å². The molecule has 0 atom stereocenters. The first-order valence-corrected chi connectivity index (χ1v) is 12.5. The van der Waals surface area contributed by atoms with Gasteiger partial charge in [-0.1, -0.05) is 35.4 Å². The van der Waals surface area contributed by atoms with Gasteiger partial charge in [0.05, 0.1) is 27.9 Å². The second-order valence-electron chi connectivity index (χ2n) is 8.97. The highest BCUT2D eigenvalue weighted by Crippen LogP contribution is 2.30. The van der Waals surface area contributed by atoms with Crippen molar-refractivity contribution >= 4 is 46.8 Å². The van der Waals surface area contributed by atoms with Gasteiger partial charge in [-0.05, 0) is 79.7 Å². The number of amides is 2. The minimum atomic E-state index is -0.832. The largest absolute Gasteiger partial charge is 0.454 e. The molecule has 0 bridgehead atoms. The van der Waals surface area contributed by atoms with Crippen LogP contribution in [0.3, 0.4) is 0 Å². The second-order valence-corrected chi connectivity index (χ2v) is 9.40. The van der Waals surface area contributed by atoms with E-state index in [1.165, 1.54) is 48.5 Å². The summed E-state index contributed by atoms with van der Waals surface area (Å²) < 4.78 is 10.5. The normalized spacial score (nSPS) is 12.2. The molecule has 0 saturated carbocycles. The zero-order valence-electron chi connectivity index (χ0n) is 21.1. The van der Waals surface area contributed by atoms with Crippen LogP contribution >= 0.6 is 11.6 Å². The molecule has 8 nitrogen and oxygen atoms in total. The average Bonchev–Trinajstić information content (AvgIpc) is 3.21. The molecule has 40 heavy (non-hydrogen) atoms. The highest BCUT2D eigenvalue weighted by Gasteiger charge is 2.37. The molecule has 0 unspecified atom stereocenters. The van der Waals surface area contributed by atoms with Crippen LogP contribution in [0.2, 0.25) is 5.02 Å². The summed E-state index contributed by atoms with van der Waals surface area (Å²) in [6, 6.07) is 23.1. The molecule has 0 radical (unpaired) electrons. The lowest BCUT2D eigenvalue weighted by Gasteiger charge is -2.13. The second kappa shape index (κ2) is 11.0. The van der Waals surface area contributed by atoms with Crippen molar-refractivity contribution in [2.45, 2.75) is 6.92 Å². The maximum absolute atomic E-state index is 13.0. The lowest BCUT2D eigenvalue weighted by Crippen LogP contribution is -2.29. The van der Waals surface area contributed by atoms with Gasteiger partial charge in [-0.2, -0.15) is 0 Å². The number of ketones is 1. The topological polar surface area (TPSA) is 107 Å². The number of nitrogens with zero attached hydrogens (tertiary/aromatic N) is 1. The number of fused-ring (bicyclic) bond motifs is 1. The van der Waals surface area contributed by atoms with E-state index in [-0.39, 0.29) is 28.0 Å².